The van der Waals surface area contributed by atoms with E-state index in [-0.39, 0.29) is 24.5 Å². The smallest absolute Gasteiger partial charge is 0.317 e. The fraction of sp³-hybridized carbons (Fsp3) is 0.625. The number of hydrogen-bond donors (Lipinski definition) is 1. The number of carbonyl (C=O) groups is 2. The molecule has 122 valence electrons. The zero-order chi connectivity index (χ0) is 15.8. The Morgan fingerprint density at radius 1 is 1.41 bits per heavy atom. The lowest BCUT2D eigenvalue weighted by Crippen LogP contribution is -2.42. The van der Waals surface area contributed by atoms with Gasteiger partial charge in [-0.25, -0.2) is 4.79 Å². The largest absolute Gasteiger partial charge is 0.466 e. The Kier molecular flexibility index (Phi) is 6.71. The molecule has 5 nitrogen and oxygen atoms in total. The van der Waals surface area contributed by atoms with Gasteiger partial charge in [-0.1, -0.05) is 18.9 Å². The molecular formula is C16H24N2O3S. The lowest BCUT2D eigenvalue weighted by Gasteiger charge is -2.29. The summed E-state index contributed by atoms with van der Waals surface area (Å²) in [6, 6.07) is 4.20. The molecule has 0 spiro atoms. The molecule has 1 N–H and O–H groups in total. The first-order chi connectivity index (χ1) is 10.7. The van der Waals surface area contributed by atoms with Gasteiger partial charge in [-0.05, 0) is 31.2 Å². The highest BCUT2D eigenvalue weighted by molar-refractivity contribution is 7.10. The van der Waals surface area contributed by atoms with E-state index < -0.39 is 0 Å². The first kappa shape index (κ1) is 16.8. The van der Waals surface area contributed by atoms with E-state index in [1.807, 2.05) is 11.0 Å². The van der Waals surface area contributed by atoms with Crippen LogP contribution in [0.15, 0.2) is 17.5 Å². The molecule has 1 saturated heterocycles. The van der Waals surface area contributed by atoms with Gasteiger partial charge in [0.15, 0.2) is 0 Å². The first-order valence-corrected chi connectivity index (χ1v) is 8.84. The second kappa shape index (κ2) is 8.78. The second-order valence-electron chi connectivity index (χ2n) is 5.36. The molecule has 1 aromatic rings. The maximum Gasteiger partial charge on any atom is 0.317 e. The Balaban J connectivity index is 1.91. The zero-order valence-corrected chi connectivity index (χ0v) is 13.9. The van der Waals surface area contributed by atoms with Crippen molar-refractivity contribution in [1.29, 1.82) is 0 Å². The Hall–Kier alpha value is -1.56. The summed E-state index contributed by atoms with van der Waals surface area (Å²) in [4.78, 5) is 26.9. The number of hydrogen-bond acceptors (Lipinski definition) is 4. The third-order valence-electron chi connectivity index (χ3n) is 3.80. The summed E-state index contributed by atoms with van der Waals surface area (Å²) in [5, 5.41) is 4.90. The molecule has 0 saturated carbocycles. The van der Waals surface area contributed by atoms with Gasteiger partial charge >= 0.3 is 12.0 Å². The van der Waals surface area contributed by atoms with Gasteiger partial charge in [0.05, 0.1) is 19.1 Å². The Bertz CT molecular complexity index is 476. The van der Waals surface area contributed by atoms with Gasteiger partial charge in [-0.15, -0.1) is 11.3 Å². The second-order valence-corrected chi connectivity index (χ2v) is 6.34. The zero-order valence-electron chi connectivity index (χ0n) is 13.0. The molecule has 0 aliphatic carbocycles. The van der Waals surface area contributed by atoms with Crippen molar-refractivity contribution < 1.29 is 14.3 Å². The lowest BCUT2D eigenvalue weighted by molar-refractivity contribution is -0.142. The maximum absolute atomic E-state index is 12.5. The van der Waals surface area contributed by atoms with Crippen LogP contribution in [0, 0.1) is 0 Å². The third-order valence-corrected chi connectivity index (χ3v) is 4.77. The molecular weight excluding hydrogens is 300 g/mol. The van der Waals surface area contributed by atoms with Crippen LogP contribution >= 0.6 is 11.3 Å². The van der Waals surface area contributed by atoms with E-state index in [2.05, 4.69) is 16.8 Å². The third kappa shape index (κ3) is 4.73. The van der Waals surface area contributed by atoms with Crippen molar-refractivity contribution in [2.45, 2.75) is 45.1 Å². The van der Waals surface area contributed by atoms with Crippen molar-refractivity contribution in [2.75, 3.05) is 19.7 Å². The predicted molar refractivity (Wildman–Crippen MR) is 86.9 cm³/mol. The molecule has 1 aliphatic heterocycles. The van der Waals surface area contributed by atoms with Crippen molar-refractivity contribution in [3.8, 4) is 0 Å². The number of ether oxygens (including phenoxy) is 1. The van der Waals surface area contributed by atoms with Crippen LogP contribution in [0.25, 0.3) is 0 Å². The van der Waals surface area contributed by atoms with Gasteiger partial charge in [0.25, 0.3) is 0 Å². The summed E-state index contributed by atoms with van der Waals surface area (Å²) in [5.74, 6) is -0.270. The molecule has 2 heterocycles. The molecule has 1 fully saturated rings. The lowest BCUT2D eigenvalue weighted by atomic mass is 10.1. The van der Waals surface area contributed by atoms with E-state index >= 15 is 0 Å². The molecule has 6 heteroatoms. The number of rotatable bonds is 5. The maximum atomic E-state index is 12.5. The monoisotopic (exact) mass is 324 g/mol. The standard InChI is InChI=1S/C16H24N2O3S/c1-2-21-15(19)9-10-17-16(20)18-11-5-3-4-7-13(18)14-8-6-12-22-14/h6,8,12-13H,2-5,7,9-11H2,1H3,(H,17,20)/t13-/m1/s1. The molecule has 2 rings (SSSR count). The van der Waals surface area contributed by atoms with Gasteiger partial charge in [-0.3, -0.25) is 4.79 Å². The van der Waals surface area contributed by atoms with Gasteiger partial charge < -0.3 is 15.0 Å². The van der Waals surface area contributed by atoms with Crippen LogP contribution in [0.4, 0.5) is 4.79 Å². The highest BCUT2D eigenvalue weighted by atomic mass is 32.1. The predicted octanol–water partition coefficient (Wildman–Crippen LogP) is 3.33. The van der Waals surface area contributed by atoms with E-state index in [9.17, 15) is 9.59 Å². The molecule has 1 aromatic heterocycles. The molecule has 1 atom stereocenters. The average Bonchev–Trinajstić information content (AvgIpc) is 2.91. The molecule has 0 aromatic carbocycles. The molecule has 22 heavy (non-hydrogen) atoms. The van der Waals surface area contributed by atoms with Crippen molar-refractivity contribution in [1.82, 2.24) is 10.2 Å². The van der Waals surface area contributed by atoms with Crippen LogP contribution in [0.2, 0.25) is 0 Å². The SMILES string of the molecule is CCOC(=O)CCNC(=O)N1CCCCC[C@@H]1c1cccs1. The summed E-state index contributed by atoms with van der Waals surface area (Å²) in [6.45, 7) is 3.25. The summed E-state index contributed by atoms with van der Waals surface area (Å²) in [7, 11) is 0. The van der Waals surface area contributed by atoms with E-state index in [0.717, 1.165) is 32.2 Å². The summed E-state index contributed by atoms with van der Waals surface area (Å²) in [5.41, 5.74) is 0. The minimum atomic E-state index is -0.270. The van der Waals surface area contributed by atoms with Gasteiger partial charge in [0.2, 0.25) is 0 Å². The summed E-state index contributed by atoms with van der Waals surface area (Å²) >= 11 is 1.70. The van der Waals surface area contributed by atoms with E-state index in [4.69, 9.17) is 4.74 Å². The fourth-order valence-electron chi connectivity index (χ4n) is 2.73. The van der Waals surface area contributed by atoms with Crippen LogP contribution in [-0.2, 0) is 9.53 Å². The minimum Gasteiger partial charge on any atom is -0.466 e. The molecule has 0 unspecified atom stereocenters. The fourth-order valence-corrected chi connectivity index (χ4v) is 3.61. The normalized spacial score (nSPS) is 18.6. The van der Waals surface area contributed by atoms with E-state index in [0.29, 0.717) is 13.2 Å². The van der Waals surface area contributed by atoms with Crippen LogP contribution in [0.3, 0.4) is 0 Å². The van der Waals surface area contributed by atoms with Gasteiger partial charge in [-0.2, -0.15) is 0 Å². The summed E-state index contributed by atoms with van der Waals surface area (Å²) < 4.78 is 4.87. The van der Waals surface area contributed by atoms with Crippen LogP contribution in [0.1, 0.15) is 49.9 Å². The number of carbonyl (C=O) groups excluding carboxylic acids is 2. The number of likely N-dealkylation sites (tertiary alicyclic amines) is 1. The molecule has 0 radical (unpaired) electrons. The Morgan fingerprint density at radius 2 is 2.27 bits per heavy atom. The number of nitrogens with one attached hydrogen (secondary N) is 1. The average molecular weight is 324 g/mol. The quantitative estimate of drug-likeness (QED) is 0.845. The van der Waals surface area contributed by atoms with Crippen molar-refractivity contribution in [3.05, 3.63) is 22.4 Å². The first-order valence-electron chi connectivity index (χ1n) is 7.96. The van der Waals surface area contributed by atoms with Gasteiger partial charge in [0.1, 0.15) is 0 Å². The van der Waals surface area contributed by atoms with Crippen molar-refractivity contribution in [2.24, 2.45) is 0 Å². The topological polar surface area (TPSA) is 58.6 Å². The summed E-state index contributed by atoms with van der Waals surface area (Å²) in [6.07, 6.45) is 4.57. The molecule has 2 amide bonds. The van der Waals surface area contributed by atoms with Crippen LogP contribution in [-0.4, -0.2) is 36.6 Å². The molecule has 0 bridgehead atoms. The number of nitrogens with zero attached hydrogens (tertiary/aromatic N) is 1. The highest BCUT2D eigenvalue weighted by Crippen LogP contribution is 2.32. The minimum absolute atomic E-state index is 0.0791. The van der Waals surface area contributed by atoms with Crippen LogP contribution < -0.4 is 5.32 Å². The Morgan fingerprint density at radius 3 is 3.00 bits per heavy atom. The number of thiophene rings is 1. The molecule has 1 aliphatic rings. The number of urea groups is 1. The highest BCUT2D eigenvalue weighted by Gasteiger charge is 2.27. The van der Waals surface area contributed by atoms with Crippen molar-refractivity contribution >= 4 is 23.3 Å². The number of amides is 2. The Labute approximate surface area is 135 Å². The van der Waals surface area contributed by atoms with E-state index in [1.54, 1.807) is 18.3 Å². The number of esters is 1. The van der Waals surface area contributed by atoms with E-state index in [1.165, 1.54) is 4.88 Å². The van der Waals surface area contributed by atoms with Crippen LogP contribution in [0.5, 0.6) is 0 Å². The van der Waals surface area contributed by atoms with Gasteiger partial charge in [0, 0.05) is 18.0 Å². The van der Waals surface area contributed by atoms with Crippen molar-refractivity contribution in [3.63, 3.8) is 0 Å².